The number of hydrogen-bond donors (Lipinski definition) is 1. The predicted octanol–water partition coefficient (Wildman–Crippen LogP) is 4.37. The van der Waals surface area contributed by atoms with Gasteiger partial charge >= 0.3 is 0 Å². The first-order chi connectivity index (χ1) is 15.0. The Hall–Kier alpha value is -2.22. The highest BCUT2D eigenvalue weighted by Gasteiger charge is 2.23. The summed E-state index contributed by atoms with van der Waals surface area (Å²) in [5, 5.41) is 12.5. The molecule has 0 radical (unpaired) electrons. The molecule has 8 heteroatoms. The molecule has 0 saturated heterocycles. The lowest BCUT2D eigenvalue weighted by Gasteiger charge is -2.29. The van der Waals surface area contributed by atoms with Gasteiger partial charge in [-0.15, -0.1) is 10.2 Å². The molecule has 7 nitrogen and oxygen atoms in total. The maximum absolute atomic E-state index is 12.4. The van der Waals surface area contributed by atoms with Crippen LogP contribution in [0.15, 0.2) is 23.4 Å². The van der Waals surface area contributed by atoms with Gasteiger partial charge in [-0.3, -0.25) is 4.79 Å². The Kier molecular flexibility index (Phi) is 8.63. The molecule has 1 heterocycles. The van der Waals surface area contributed by atoms with Crippen LogP contribution < -0.4 is 14.8 Å². The van der Waals surface area contributed by atoms with Crippen LogP contribution in [0, 0.1) is 12.8 Å². The average molecular weight is 447 g/mol. The van der Waals surface area contributed by atoms with Crippen molar-refractivity contribution in [2.45, 2.75) is 77.7 Å². The second-order valence-electron chi connectivity index (χ2n) is 8.04. The number of aromatic nitrogens is 3. The fraction of sp³-hybridized carbons (Fsp3) is 0.609. The van der Waals surface area contributed by atoms with Crippen molar-refractivity contribution in [1.82, 2.24) is 20.1 Å². The molecule has 3 rings (SSSR count). The van der Waals surface area contributed by atoms with Gasteiger partial charge in [-0.2, -0.15) is 0 Å². The summed E-state index contributed by atoms with van der Waals surface area (Å²) in [6.07, 6.45) is 4.73. The highest BCUT2D eigenvalue weighted by molar-refractivity contribution is 7.99. The molecular formula is C23H34N4O3S. The van der Waals surface area contributed by atoms with Gasteiger partial charge in [0.05, 0.1) is 12.4 Å². The molecule has 2 atom stereocenters. The monoisotopic (exact) mass is 446 g/mol. The normalized spacial score (nSPS) is 18.6. The van der Waals surface area contributed by atoms with E-state index in [1.807, 2.05) is 43.5 Å². The Morgan fingerprint density at radius 2 is 2.00 bits per heavy atom. The molecule has 1 N–H and O–H groups in total. The summed E-state index contributed by atoms with van der Waals surface area (Å²) in [6.45, 7) is 9.81. The second kappa shape index (κ2) is 11.4. The quantitative estimate of drug-likeness (QED) is 0.546. The number of amides is 1. The molecule has 31 heavy (non-hydrogen) atoms. The Morgan fingerprint density at radius 3 is 2.74 bits per heavy atom. The molecule has 1 saturated carbocycles. The van der Waals surface area contributed by atoms with Crippen molar-refractivity contribution in [3.63, 3.8) is 0 Å². The number of rotatable bonds is 10. The van der Waals surface area contributed by atoms with Gasteiger partial charge in [0.25, 0.3) is 0 Å². The van der Waals surface area contributed by atoms with Gasteiger partial charge in [-0.25, -0.2) is 0 Å². The lowest BCUT2D eigenvalue weighted by molar-refractivity contribution is -0.119. The van der Waals surface area contributed by atoms with Gasteiger partial charge in [0.2, 0.25) is 5.91 Å². The molecule has 1 aliphatic carbocycles. The van der Waals surface area contributed by atoms with Crippen LogP contribution in [0.5, 0.6) is 11.5 Å². The molecule has 1 aliphatic rings. The largest absolute Gasteiger partial charge is 0.490 e. The lowest BCUT2D eigenvalue weighted by atomic mass is 9.86. The number of aryl methyl sites for hydroxylation is 1. The van der Waals surface area contributed by atoms with Gasteiger partial charge in [0.15, 0.2) is 22.5 Å². The number of carbonyl (C=O) groups excluding carboxylic acids is 1. The number of benzene rings is 1. The van der Waals surface area contributed by atoms with E-state index in [2.05, 4.69) is 22.4 Å². The Labute approximate surface area is 189 Å². The number of thioether (sulfide) groups is 1. The van der Waals surface area contributed by atoms with Crippen molar-refractivity contribution in [2.24, 2.45) is 5.92 Å². The first-order valence-electron chi connectivity index (χ1n) is 11.2. The Morgan fingerprint density at radius 1 is 1.19 bits per heavy atom. The van der Waals surface area contributed by atoms with Crippen LogP contribution in [-0.2, 0) is 17.9 Å². The van der Waals surface area contributed by atoms with Crippen molar-refractivity contribution in [3.05, 3.63) is 29.6 Å². The zero-order chi connectivity index (χ0) is 22.2. The standard InChI is InChI=1S/C23H34N4O3S/c1-5-27-21(14-30-19-12-11-16(3)13-20(19)29-6-2)25-26-23(27)31-15-22(28)24-18-10-8-7-9-17(18)4/h11-13,17-18H,5-10,14-15H2,1-4H3,(H,24,28)/t17-,18-/m0/s1. The van der Waals surface area contributed by atoms with E-state index in [1.165, 1.54) is 31.0 Å². The molecule has 0 bridgehead atoms. The number of ether oxygens (including phenoxy) is 2. The van der Waals surface area contributed by atoms with Crippen LogP contribution in [0.4, 0.5) is 0 Å². The summed E-state index contributed by atoms with van der Waals surface area (Å²) in [6, 6.07) is 6.18. The Balaban J connectivity index is 1.57. The van der Waals surface area contributed by atoms with Crippen molar-refractivity contribution in [1.29, 1.82) is 0 Å². The molecule has 0 unspecified atom stereocenters. The first-order valence-corrected chi connectivity index (χ1v) is 12.2. The van der Waals surface area contributed by atoms with Crippen molar-refractivity contribution in [3.8, 4) is 11.5 Å². The smallest absolute Gasteiger partial charge is 0.230 e. The zero-order valence-electron chi connectivity index (χ0n) is 19.0. The first kappa shape index (κ1) is 23.4. The van der Waals surface area contributed by atoms with Crippen molar-refractivity contribution >= 4 is 17.7 Å². The minimum atomic E-state index is 0.0632. The molecule has 1 fully saturated rings. The van der Waals surface area contributed by atoms with Gasteiger partial charge in [0.1, 0.15) is 6.61 Å². The van der Waals surface area contributed by atoms with Crippen LogP contribution in [-0.4, -0.2) is 39.1 Å². The van der Waals surface area contributed by atoms with E-state index in [0.717, 1.165) is 28.7 Å². The highest BCUT2D eigenvalue weighted by Crippen LogP contribution is 2.29. The fourth-order valence-corrected chi connectivity index (χ4v) is 4.74. The van der Waals surface area contributed by atoms with E-state index in [-0.39, 0.29) is 12.5 Å². The lowest BCUT2D eigenvalue weighted by Crippen LogP contribution is -2.41. The topological polar surface area (TPSA) is 78.3 Å². The van der Waals surface area contributed by atoms with Crippen LogP contribution in [0.2, 0.25) is 0 Å². The predicted molar refractivity (Wildman–Crippen MR) is 123 cm³/mol. The zero-order valence-corrected chi connectivity index (χ0v) is 19.8. The minimum absolute atomic E-state index is 0.0632. The number of nitrogens with one attached hydrogen (secondary N) is 1. The third-order valence-electron chi connectivity index (χ3n) is 5.66. The average Bonchev–Trinajstić information content (AvgIpc) is 3.15. The van der Waals surface area contributed by atoms with Gasteiger partial charge < -0.3 is 19.4 Å². The molecule has 0 spiro atoms. The molecular weight excluding hydrogens is 412 g/mol. The van der Waals surface area contributed by atoms with E-state index in [0.29, 0.717) is 36.6 Å². The summed E-state index contributed by atoms with van der Waals surface area (Å²) in [4.78, 5) is 12.4. The van der Waals surface area contributed by atoms with Gasteiger partial charge in [0, 0.05) is 12.6 Å². The summed E-state index contributed by atoms with van der Waals surface area (Å²) >= 11 is 1.42. The highest BCUT2D eigenvalue weighted by atomic mass is 32.2. The molecule has 1 amide bonds. The van der Waals surface area contributed by atoms with E-state index in [9.17, 15) is 4.79 Å². The molecule has 1 aromatic heterocycles. The minimum Gasteiger partial charge on any atom is -0.490 e. The SMILES string of the molecule is CCOc1cc(C)ccc1OCc1nnc(SCC(=O)N[C@H]2CCCC[C@@H]2C)n1CC. The van der Waals surface area contributed by atoms with Crippen molar-refractivity contribution in [2.75, 3.05) is 12.4 Å². The van der Waals surface area contributed by atoms with Crippen molar-refractivity contribution < 1.29 is 14.3 Å². The van der Waals surface area contributed by atoms with E-state index >= 15 is 0 Å². The summed E-state index contributed by atoms with van der Waals surface area (Å²) < 4.78 is 13.7. The maximum atomic E-state index is 12.4. The summed E-state index contributed by atoms with van der Waals surface area (Å²) in [7, 11) is 0. The van der Waals surface area contributed by atoms with E-state index in [1.54, 1.807) is 0 Å². The van der Waals surface area contributed by atoms with Crippen LogP contribution >= 0.6 is 11.8 Å². The van der Waals surface area contributed by atoms with E-state index < -0.39 is 0 Å². The third-order valence-corrected chi connectivity index (χ3v) is 6.62. The molecule has 1 aromatic carbocycles. The second-order valence-corrected chi connectivity index (χ2v) is 8.98. The molecule has 170 valence electrons. The molecule has 2 aromatic rings. The number of carbonyl (C=O) groups is 1. The third kappa shape index (κ3) is 6.38. The van der Waals surface area contributed by atoms with E-state index in [4.69, 9.17) is 9.47 Å². The fourth-order valence-electron chi connectivity index (χ4n) is 3.90. The van der Waals surface area contributed by atoms with Gasteiger partial charge in [-0.05, 0) is 57.2 Å². The van der Waals surface area contributed by atoms with Crippen LogP contribution in [0.3, 0.4) is 0 Å². The van der Waals surface area contributed by atoms with Crippen LogP contribution in [0.25, 0.3) is 0 Å². The number of nitrogens with zero attached hydrogens (tertiary/aromatic N) is 3. The van der Waals surface area contributed by atoms with Gasteiger partial charge in [-0.1, -0.05) is 37.6 Å². The van der Waals surface area contributed by atoms with Crippen LogP contribution in [0.1, 0.15) is 57.8 Å². The maximum Gasteiger partial charge on any atom is 0.230 e. The summed E-state index contributed by atoms with van der Waals surface area (Å²) in [5.74, 6) is 3.10. The Bertz CT molecular complexity index is 871. The molecule has 0 aliphatic heterocycles. The number of hydrogen-bond acceptors (Lipinski definition) is 6. The summed E-state index contributed by atoms with van der Waals surface area (Å²) in [5.41, 5.74) is 1.12.